The summed E-state index contributed by atoms with van der Waals surface area (Å²) in [6.07, 6.45) is 10.1. The van der Waals surface area contributed by atoms with Gasteiger partial charge in [0.05, 0.1) is 11.1 Å². The van der Waals surface area contributed by atoms with E-state index in [0.717, 1.165) is 6.07 Å². The zero-order valence-corrected chi connectivity index (χ0v) is 6.20. The van der Waals surface area contributed by atoms with Crippen molar-refractivity contribution in [2.45, 2.75) is 0 Å². The van der Waals surface area contributed by atoms with Gasteiger partial charge in [0.1, 0.15) is 11.5 Å². The Balaban J connectivity index is 3.42. The number of phenols is 2. The number of phenolic OH excluding ortho intramolecular Hbond substituents is 2. The molecule has 0 aliphatic carbocycles. The highest BCUT2D eigenvalue weighted by Crippen LogP contribution is 2.25. The van der Waals surface area contributed by atoms with Gasteiger partial charge in [0.2, 0.25) is 0 Å². The minimum absolute atomic E-state index is 0.144. The van der Waals surface area contributed by atoms with E-state index in [1.807, 2.05) is 0 Å². The van der Waals surface area contributed by atoms with E-state index in [1.165, 1.54) is 6.07 Å². The summed E-state index contributed by atoms with van der Waals surface area (Å²) in [4.78, 5) is 0. The minimum Gasteiger partial charge on any atom is -0.507 e. The molecule has 1 rings (SSSR count). The Morgan fingerprint density at radius 2 is 1.33 bits per heavy atom. The SMILES string of the molecule is C#Cc1cc(C#C)c(O)cc1O. The monoisotopic (exact) mass is 158 g/mol. The molecule has 12 heavy (non-hydrogen) atoms. The zero-order valence-electron chi connectivity index (χ0n) is 6.20. The van der Waals surface area contributed by atoms with Gasteiger partial charge in [0, 0.05) is 6.07 Å². The van der Waals surface area contributed by atoms with Crippen LogP contribution in [-0.4, -0.2) is 10.2 Å². The molecule has 0 unspecified atom stereocenters. The van der Waals surface area contributed by atoms with Crippen molar-refractivity contribution in [2.24, 2.45) is 0 Å². The Labute approximate surface area is 70.5 Å². The number of rotatable bonds is 0. The van der Waals surface area contributed by atoms with Crippen LogP contribution in [0.2, 0.25) is 0 Å². The van der Waals surface area contributed by atoms with Crippen LogP contribution in [0.4, 0.5) is 0 Å². The second-order valence-electron chi connectivity index (χ2n) is 2.18. The minimum atomic E-state index is -0.144. The van der Waals surface area contributed by atoms with Crippen molar-refractivity contribution < 1.29 is 10.2 Å². The molecule has 0 aliphatic rings. The molecule has 1 aromatic carbocycles. The van der Waals surface area contributed by atoms with Crippen molar-refractivity contribution in [3.8, 4) is 36.2 Å². The van der Waals surface area contributed by atoms with Gasteiger partial charge in [-0.3, -0.25) is 0 Å². The molecule has 0 heterocycles. The quantitative estimate of drug-likeness (QED) is 0.554. The average molecular weight is 158 g/mol. The summed E-state index contributed by atoms with van der Waals surface area (Å²) < 4.78 is 0. The van der Waals surface area contributed by atoms with Gasteiger partial charge in [-0.15, -0.1) is 12.8 Å². The molecule has 0 radical (unpaired) electrons. The van der Waals surface area contributed by atoms with Gasteiger partial charge in [0.15, 0.2) is 0 Å². The Morgan fingerprint density at radius 3 is 1.67 bits per heavy atom. The Hall–Kier alpha value is -2.06. The third-order valence-corrected chi connectivity index (χ3v) is 1.43. The van der Waals surface area contributed by atoms with E-state index in [2.05, 4.69) is 11.8 Å². The van der Waals surface area contributed by atoms with Crippen LogP contribution in [0.15, 0.2) is 12.1 Å². The first kappa shape index (κ1) is 8.04. The van der Waals surface area contributed by atoms with Crippen LogP contribution in [0, 0.1) is 24.7 Å². The predicted molar refractivity (Wildman–Crippen MR) is 45.6 cm³/mol. The van der Waals surface area contributed by atoms with Gasteiger partial charge in [-0.1, -0.05) is 11.8 Å². The Bertz CT molecular complexity index is 356. The highest BCUT2D eigenvalue weighted by atomic mass is 16.3. The lowest BCUT2D eigenvalue weighted by molar-refractivity contribution is 0.448. The van der Waals surface area contributed by atoms with E-state index in [9.17, 15) is 0 Å². The highest BCUT2D eigenvalue weighted by Gasteiger charge is 2.04. The molecule has 0 atom stereocenters. The smallest absolute Gasteiger partial charge is 0.134 e. The molecule has 0 fully saturated rings. The van der Waals surface area contributed by atoms with Crippen LogP contribution in [0.1, 0.15) is 11.1 Å². The third kappa shape index (κ3) is 1.19. The summed E-state index contributed by atoms with van der Waals surface area (Å²) >= 11 is 0. The molecule has 0 spiro atoms. The van der Waals surface area contributed by atoms with Crippen LogP contribution in [0.25, 0.3) is 0 Å². The molecule has 0 saturated heterocycles. The first-order valence-electron chi connectivity index (χ1n) is 3.18. The molecule has 0 amide bonds. The maximum Gasteiger partial charge on any atom is 0.134 e. The molecule has 0 bridgehead atoms. The van der Waals surface area contributed by atoms with Crippen molar-refractivity contribution >= 4 is 0 Å². The third-order valence-electron chi connectivity index (χ3n) is 1.43. The summed E-state index contributed by atoms with van der Waals surface area (Å²) in [5.41, 5.74) is 0.557. The Morgan fingerprint density at radius 1 is 0.917 bits per heavy atom. The normalized spacial score (nSPS) is 8.50. The zero-order chi connectivity index (χ0) is 9.14. The standard InChI is InChI=1S/C10H6O2/c1-3-7-5-8(4-2)10(12)6-9(7)11/h1-2,5-6,11-12H. The fourth-order valence-corrected chi connectivity index (χ4v) is 0.808. The van der Waals surface area contributed by atoms with Crippen LogP contribution in [0.5, 0.6) is 11.5 Å². The van der Waals surface area contributed by atoms with Crippen LogP contribution < -0.4 is 0 Å². The van der Waals surface area contributed by atoms with Gasteiger partial charge in [-0.05, 0) is 6.07 Å². The fraction of sp³-hybridized carbons (Fsp3) is 0. The largest absolute Gasteiger partial charge is 0.507 e. The average Bonchev–Trinajstić information content (AvgIpc) is 2.05. The maximum atomic E-state index is 9.14. The molecule has 0 aromatic heterocycles. The van der Waals surface area contributed by atoms with Crippen molar-refractivity contribution in [3.63, 3.8) is 0 Å². The van der Waals surface area contributed by atoms with Crippen LogP contribution in [-0.2, 0) is 0 Å². The second kappa shape index (κ2) is 2.90. The molecule has 0 saturated carbocycles. The van der Waals surface area contributed by atoms with Crippen molar-refractivity contribution in [1.82, 2.24) is 0 Å². The molecule has 0 aliphatic heterocycles. The first-order chi connectivity index (χ1) is 5.69. The van der Waals surface area contributed by atoms with E-state index in [0.29, 0.717) is 0 Å². The van der Waals surface area contributed by atoms with E-state index in [1.54, 1.807) is 0 Å². The van der Waals surface area contributed by atoms with Gasteiger partial charge < -0.3 is 10.2 Å². The lowest BCUT2D eigenvalue weighted by Crippen LogP contribution is -1.81. The molecule has 1 aromatic rings. The van der Waals surface area contributed by atoms with Crippen molar-refractivity contribution in [3.05, 3.63) is 23.3 Å². The van der Waals surface area contributed by atoms with Gasteiger partial charge >= 0.3 is 0 Å². The maximum absolute atomic E-state index is 9.14. The van der Waals surface area contributed by atoms with Gasteiger partial charge in [0.25, 0.3) is 0 Å². The van der Waals surface area contributed by atoms with E-state index < -0.39 is 0 Å². The van der Waals surface area contributed by atoms with E-state index >= 15 is 0 Å². The van der Waals surface area contributed by atoms with Crippen LogP contribution in [0.3, 0.4) is 0 Å². The lowest BCUT2D eigenvalue weighted by atomic mass is 10.1. The second-order valence-corrected chi connectivity index (χ2v) is 2.18. The summed E-state index contributed by atoms with van der Waals surface area (Å²) in [5, 5.41) is 18.3. The van der Waals surface area contributed by atoms with Crippen molar-refractivity contribution in [2.75, 3.05) is 0 Å². The number of benzene rings is 1. The number of aromatic hydroxyl groups is 2. The molecule has 2 N–H and O–H groups in total. The predicted octanol–water partition coefficient (Wildman–Crippen LogP) is 1.06. The topological polar surface area (TPSA) is 40.5 Å². The number of hydrogen-bond acceptors (Lipinski definition) is 2. The van der Waals surface area contributed by atoms with Crippen molar-refractivity contribution in [1.29, 1.82) is 0 Å². The fourth-order valence-electron chi connectivity index (χ4n) is 0.808. The molecule has 2 heteroatoms. The summed E-state index contributed by atoms with van der Waals surface area (Å²) in [5.74, 6) is 4.19. The summed E-state index contributed by atoms with van der Waals surface area (Å²) in [6, 6.07) is 2.51. The van der Waals surface area contributed by atoms with Gasteiger partial charge in [-0.25, -0.2) is 0 Å². The highest BCUT2D eigenvalue weighted by molar-refractivity contribution is 5.56. The number of hydrogen-bond donors (Lipinski definition) is 2. The number of terminal acetylenes is 2. The Kier molecular flexibility index (Phi) is 1.94. The lowest BCUT2D eigenvalue weighted by Gasteiger charge is -2.00. The van der Waals surface area contributed by atoms with Gasteiger partial charge in [-0.2, -0.15) is 0 Å². The summed E-state index contributed by atoms with van der Waals surface area (Å²) in [7, 11) is 0. The van der Waals surface area contributed by atoms with Crippen LogP contribution >= 0.6 is 0 Å². The molecular weight excluding hydrogens is 152 g/mol. The first-order valence-corrected chi connectivity index (χ1v) is 3.18. The summed E-state index contributed by atoms with van der Waals surface area (Å²) in [6.45, 7) is 0. The van der Waals surface area contributed by atoms with E-state index in [-0.39, 0.29) is 22.6 Å². The van der Waals surface area contributed by atoms with E-state index in [4.69, 9.17) is 23.1 Å². The molecular formula is C10H6O2. The molecule has 58 valence electrons. The molecule has 2 nitrogen and oxygen atoms in total.